The van der Waals surface area contributed by atoms with Crippen LogP contribution in [0.25, 0.3) is 16.8 Å². The van der Waals surface area contributed by atoms with Crippen molar-refractivity contribution in [3.05, 3.63) is 76.6 Å². The highest BCUT2D eigenvalue weighted by molar-refractivity contribution is 5.90. The Bertz CT molecular complexity index is 1390. The summed E-state index contributed by atoms with van der Waals surface area (Å²) in [7, 11) is 0. The van der Waals surface area contributed by atoms with E-state index in [1.807, 2.05) is 6.07 Å². The summed E-state index contributed by atoms with van der Waals surface area (Å²) < 4.78 is 27.1. The van der Waals surface area contributed by atoms with Gasteiger partial charge in [0.1, 0.15) is 17.9 Å². The highest BCUT2D eigenvalue weighted by Crippen LogP contribution is 2.35. The van der Waals surface area contributed by atoms with Crippen molar-refractivity contribution >= 4 is 17.1 Å². The molecule has 0 unspecified atom stereocenters. The predicted octanol–water partition coefficient (Wildman–Crippen LogP) is 2.98. The molecule has 4 aromatic rings. The third-order valence-electron chi connectivity index (χ3n) is 5.04. The van der Waals surface area contributed by atoms with Gasteiger partial charge in [0.05, 0.1) is 5.69 Å². The Morgan fingerprint density at radius 1 is 1.13 bits per heavy atom. The summed E-state index contributed by atoms with van der Waals surface area (Å²) in [6.07, 6.45) is 3.09. The van der Waals surface area contributed by atoms with Crippen molar-refractivity contribution in [1.82, 2.24) is 14.2 Å². The highest BCUT2D eigenvalue weighted by atomic mass is 19.1. The number of amides is 1. The van der Waals surface area contributed by atoms with E-state index in [0.29, 0.717) is 34.0 Å². The lowest BCUT2D eigenvalue weighted by atomic mass is 10.1. The minimum atomic E-state index is -0.440. The van der Waals surface area contributed by atoms with Gasteiger partial charge in [-0.15, -0.1) is 0 Å². The fourth-order valence-corrected chi connectivity index (χ4v) is 3.37. The zero-order valence-electron chi connectivity index (χ0n) is 16.5. The van der Waals surface area contributed by atoms with Gasteiger partial charge in [-0.25, -0.2) is 8.91 Å². The predicted molar refractivity (Wildman–Crippen MR) is 111 cm³/mol. The van der Waals surface area contributed by atoms with E-state index in [-0.39, 0.29) is 18.9 Å². The molecule has 1 N–H and O–H groups in total. The second-order valence-electron chi connectivity index (χ2n) is 7.17. The number of nitrogens with zero attached hydrogens (tertiary/aromatic N) is 3. The Morgan fingerprint density at radius 3 is 2.81 bits per heavy atom. The zero-order valence-corrected chi connectivity index (χ0v) is 16.5. The molecule has 0 bridgehead atoms. The van der Waals surface area contributed by atoms with Gasteiger partial charge in [-0.3, -0.25) is 9.59 Å². The maximum absolute atomic E-state index is 13.7. The summed E-state index contributed by atoms with van der Waals surface area (Å²) in [6.45, 7) is 1.60. The van der Waals surface area contributed by atoms with Gasteiger partial charge in [0, 0.05) is 23.6 Å². The van der Waals surface area contributed by atoms with E-state index >= 15 is 0 Å². The van der Waals surface area contributed by atoms with E-state index in [4.69, 9.17) is 9.47 Å². The third kappa shape index (κ3) is 3.50. The Kier molecular flexibility index (Phi) is 4.43. The molecule has 3 heterocycles. The molecular weight excluding hydrogens is 403 g/mol. The molecule has 1 amide bonds. The molecule has 2 aromatic carbocycles. The van der Waals surface area contributed by atoms with Crippen LogP contribution in [0.2, 0.25) is 0 Å². The molecule has 9 heteroatoms. The number of halogens is 1. The van der Waals surface area contributed by atoms with Crippen LogP contribution in [0.4, 0.5) is 10.1 Å². The van der Waals surface area contributed by atoms with Crippen molar-refractivity contribution < 1.29 is 18.7 Å². The van der Waals surface area contributed by atoms with Gasteiger partial charge in [-0.2, -0.15) is 5.10 Å². The van der Waals surface area contributed by atoms with Crippen LogP contribution in [0.3, 0.4) is 0 Å². The molecule has 0 aliphatic carbocycles. The molecule has 31 heavy (non-hydrogen) atoms. The van der Waals surface area contributed by atoms with Crippen LogP contribution in [0.5, 0.6) is 11.5 Å². The number of ether oxygens (including phenoxy) is 2. The molecule has 2 aromatic heterocycles. The average molecular weight is 420 g/mol. The molecule has 0 fully saturated rings. The topological polar surface area (TPSA) is 86.9 Å². The van der Waals surface area contributed by atoms with Gasteiger partial charge in [0.25, 0.3) is 5.56 Å². The first-order chi connectivity index (χ1) is 15.0. The number of carbonyl (C=O) groups excluding carboxylic acids is 1. The summed E-state index contributed by atoms with van der Waals surface area (Å²) in [5, 5.41) is 7.04. The second kappa shape index (κ2) is 7.28. The van der Waals surface area contributed by atoms with E-state index in [1.54, 1.807) is 43.5 Å². The quantitative estimate of drug-likeness (QED) is 0.549. The fraction of sp³-hybridized carbons (Fsp3) is 0.136. The van der Waals surface area contributed by atoms with E-state index < -0.39 is 11.7 Å². The van der Waals surface area contributed by atoms with Gasteiger partial charge < -0.3 is 19.4 Å². The largest absolute Gasteiger partial charge is 0.454 e. The molecule has 0 atom stereocenters. The van der Waals surface area contributed by atoms with Crippen LogP contribution < -0.4 is 20.3 Å². The van der Waals surface area contributed by atoms with Crippen LogP contribution in [0, 0.1) is 12.7 Å². The minimum Gasteiger partial charge on any atom is -0.454 e. The number of anilines is 1. The molecule has 1 aliphatic rings. The molecule has 0 radical (unpaired) electrons. The summed E-state index contributed by atoms with van der Waals surface area (Å²) >= 11 is 0. The lowest BCUT2D eigenvalue weighted by molar-refractivity contribution is -0.116. The summed E-state index contributed by atoms with van der Waals surface area (Å²) in [4.78, 5) is 25.2. The smallest absolute Gasteiger partial charge is 0.277 e. The van der Waals surface area contributed by atoms with E-state index in [0.717, 1.165) is 5.56 Å². The SMILES string of the molecule is Cc1ccc(NC(=O)Cn2ccn3nc(-c4ccc5c(c4)OCO5)cc3c2=O)cc1F. The summed E-state index contributed by atoms with van der Waals surface area (Å²) in [5.74, 6) is 0.433. The number of carbonyl (C=O) groups is 1. The number of hydrogen-bond acceptors (Lipinski definition) is 5. The molecule has 156 valence electrons. The van der Waals surface area contributed by atoms with Gasteiger partial charge in [-0.1, -0.05) is 6.07 Å². The maximum Gasteiger partial charge on any atom is 0.277 e. The monoisotopic (exact) mass is 420 g/mol. The molecular formula is C22H17FN4O4. The molecule has 0 saturated carbocycles. The first-order valence-electron chi connectivity index (χ1n) is 9.53. The van der Waals surface area contributed by atoms with E-state index in [9.17, 15) is 14.0 Å². The van der Waals surface area contributed by atoms with Gasteiger partial charge in [-0.05, 0) is 48.9 Å². The number of rotatable bonds is 4. The van der Waals surface area contributed by atoms with Crippen molar-refractivity contribution in [1.29, 1.82) is 0 Å². The fourth-order valence-electron chi connectivity index (χ4n) is 3.37. The second-order valence-corrected chi connectivity index (χ2v) is 7.17. The number of fused-ring (bicyclic) bond motifs is 2. The Morgan fingerprint density at radius 2 is 1.97 bits per heavy atom. The summed E-state index contributed by atoms with van der Waals surface area (Å²) in [5.41, 5.74) is 2.14. The van der Waals surface area contributed by atoms with Gasteiger partial charge >= 0.3 is 0 Å². The Balaban J connectivity index is 1.40. The number of nitrogens with one attached hydrogen (secondary N) is 1. The van der Waals surface area contributed by atoms with E-state index in [1.165, 1.54) is 21.3 Å². The average Bonchev–Trinajstić information content (AvgIpc) is 3.39. The summed E-state index contributed by atoms with van der Waals surface area (Å²) in [6, 6.07) is 11.5. The number of aromatic nitrogens is 3. The van der Waals surface area contributed by atoms with E-state index in [2.05, 4.69) is 10.4 Å². The first-order valence-corrected chi connectivity index (χ1v) is 9.53. The van der Waals surface area contributed by atoms with Crippen LogP contribution in [-0.2, 0) is 11.3 Å². The zero-order chi connectivity index (χ0) is 21.5. The Labute approximate surface area is 175 Å². The molecule has 0 saturated heterocycles. The Hall–Kier alpha value is -4.14. The van der Waals surface area contributed by atoms with Gasteiger partial charge in [0.15, 0.2) is 11.5 Å². The van der Waals surface area contributed by atoms with Crippen LogP contribution in [0.1, 0.15) is 5.56 Å². The molecule has 1 aliphatic heterocycles. The lowest BCUT2D eigenvalue weighted by Crippen LogP contribution is -2.28. The van der Waals surface area contributed by atoms with Crippen molar-refractivity contribution in [3.63, 3.8) is 0 Å². The lowest BCUT2D eigenvalue weighted by Gasteiger charge is -2.08. The van der Waals surface area contributed by atoms with Crippen LogP contribution in [0.15, 0.2) is 59.7 Å². The third-order valence-corrected chi connectivity index (χ3v) is 5.04. The normalized spacial score (nSPS) is 12.3. The molecule has 5 rings (SSSR count). The van der Waals surface area contributed by atoms with Gasteiger partial charge in [0.2, 0.25) is 12.7 Å². The number of aryl methyl sites for hydroxylation is 1. The minimum absolute atomic E-state index is 0.173. The van der Waals surface area contributed by atoms with Crippen molar-refractivity contribution in [2.24, 2.45) is 0 Å². The first kappa shape index (κ1) is 18.9. The molecule has 0 spiro atoms. The van der Waals surface area contributed by atoms with Crippen molar-refractivity contribution in [2.75, 3.05) is 12.1 Å². The van der Waals surface area contributed by atoms with Crippen LogP contribution in [-0.4, -0.2) is 26.9 Å². The number of hydrogen-bond donors (Lipinski definition) is 1. The molecule has 8 nitrogen and oxygen atoms in total. The van der Waals surface area contributed by atoms with Crippen molar-refractivity contribution in [2.45, 2.75) is 13.5 Å². The maximum atomic E-state index is 13.7. The highest BCUT2D eigenvalue weighted by Gasteiger charge is 2.16. The van der Waals surface area contributed by atoms with Crippen molar-refractivity contribution in [3.8, 4) is 22.8 Å². The van der Waals surface area contributed by atoms with Crippen LogP contribution >= 0.6 is 0 Å². The standard InChI is InChI=1S/C22H17FN4O4/c1-13-2-4-15(9-16(13)23)24-21(28)11-26-6-7-27-18(22(26)29)10-17(25-27)14-3-5-19-20(8-14)31-12-30-19/h2-10H,11-12H2,1H3,(H,24,28). The number of benzene rings is 2.